The predicted octanol–water partition coefficient (Wildman–Crippen LogP) is 1.30. The van der Waals surface area contributed by atoms with Crippen LogP contribution < -0.4 is 9.64 Å². The van der Waals surface area contributed by atoms with Crippen molar-refractivity contribution in [1.29, 1.82) is 0 Å². The maximum absolute atomic E-state index is 8.98. The molecule has 0 fully saturated rings. The highest BCUT2D eigenvalue weighted by molar-refractivity contribution is 5.51. The molecule has 0 aliphatic rings. The van der Waals surface area contributed by atoms with Crippen molar-refractivity contribution in [1.82, 2.24) is 4.98 Å². The molecule has 0 saturated carbocycles. The number of hydrogen-bond donors (Lipinski definition) is 1. The van der Waals surface area contributed by atoms with Crippen molar-refractivity contribution >= 4 is 5.82 Å². The molecule has 4 heteroatoms. The number of nitrogens with zero attached hydrogens (tertiary/aromatic N) is 2. The Bertz CT molecular complexity index is 286. The highest BCUT2D eigenvalue weighted by atomic mass is 16.5. The van der Waals surface area contributed by atoms with Gasteiger partial charge in [0.25, 0.3) is 0 Å². The number of rotatable bonds is 6. The standard InChI is InChI=1S/C11H18N2O2/c1-3-7-13(8-9-14)11-10(15-2)5-4-6-12-11/h4-6,14H,3,7-9H2,1-2H3. The van der Waals surface area contributed by atoms with Gasteiger partial charge in [-0.05, 0) is 18.6 Å². The molecule has 1 N–H and O–H groups in total. The number of aliphatic hydroxyl groups is 1. The Kier molecular flexibility index (Phi) is 4.90. The highest BCUT2D eigenvalue weighted by Crippen LogP contribution is 2.24. The van der Waals surface area contributed by atoms with Gasteiger partial charge in [0, 0.05) is 19.3 Å². The molecular formula is C11H18N2O2. The fourth-order valence-electron chi connectivity index (χ4n) is 1.49. The summed E-state index contributed by atoms with van der Waals surface area (Å²) in [5.74, 6) is 1.55. The molecule has 0 spiro atoms. The molecule has 0 bridgehead atoms. The fourth-order valence-corrected chi connectivity index (χ4v) is 1.49. The van der Waals surface area contributed by atoms with E-state index in [9.17, 15) is 0 Å². The summed E-state index contributed by atoms with van der Waals surface area (Å²) in [6, 6.07) is 3.72. The van der Waals surface area contributed by atoms with Crippen LogP contribution in [-0.4, -0.2) is 36.9 Å². The second kappa shape index (κ2) is 6.24. The van der Waals surface area contributed by atoms with Crippen LogP contribution in [0.2, 0.25) is 0 Å². The average Bonchev–Trinajstić information content (AvgIpc) is 2.29. The summed E-state index contributed by atoms with van der Waals surface area (Å²) in [5.41, 5.74) is 0. The molecule has 1 aromatic heterocycles. The molecule has 84 valence electrons. The number of anilines is 1. The smallest absolute Gasteiger partial charge is 0.171 e. The zero-order valence-electron chi connectivity index (χ0n) is 9.31. The van der Waals surface area contributed by atoms with Gasteiger partial charge >= 0.3 is 0 Å². The molecule has 0 radical (unpaired) electrons. The average molecular weight is 210 g/mol. The van der Waals surface area contributed by atoms with Gasteiger partial charge in [0.15, 0.2) is 11.6 Å². The second-order valence-corrected chi connectivity index (χ2v) is 3.24. The Morgan fingerprint density at radius 1 is 1.47 bits per heavy atom. The van der Waals surface area contributed by atoms with Crippen molar-refractivity contribution in [2.24, 2.45) is 0 Å². The summed E-state index contributed by atoms with van der Waals surface area (Å²) in [4.78, 5) is 6.30. The second-order valence-electron chi connectivity index (χ2n) is 3.24. The van der Waals surface area contributed by atoms with E-state index in [-0.39, 0.29) is 6.61 Å². The first-order valence-electron chi connectivity index (χ1n) is 5.18. The van der Waals surface area contributed by atoms with Gasteiger partial charge in [0.05, 0.1) is 13.7 Å². The Balaban J connectivity index is 2.88. The summed E-state index contributed by atoms with van der Waals surface area (Å²) >= 11 is 0. The lowest BCUT2D eigenvalue weighted by atomic mass is 10.3. The van der Waals surface area contributed by atoms with Crippen LogP contribution in [-0.2, 0) is 0 Å². The Hall–Kier alpha value is -1.29. The van der Waals surface area contributed by atoms with Gasteiger partial charge in [-0.15, -0.1) is 0 Å². The number of methoxy groups -OCH3 is 1. The van der Waals surface area contributed by atoms with Crippen molar-refractivity contribution in [2.75, 3.05) is 31.7 Å². The third kappa shape index (κ3) is 3.09. The Morgan fingerprint density at radius 2 is 2.27 bits per heavy atom. The first kappa shape index (κ1) is 11.8. The molecule has 4 nitrogen and oxygen atoms in total. The molecule has 0 aliphatic heterocycles. The third-order valence-electron chi connectivity index (χ3n) is 2.13. The predicted molar refractivity (Wildman–Crippen MR) is 60.4 cm³/mol. The number of ether oxygens (including phenoxy) is 1. The maximum atomic E-state index is 8.98. The summed E-state index contributed by atoms with van der Waals surface area (Å²) in [6.45, 7) is 3.68. The normalized spacial score (nSPS) is 10.1. The summed E-state index contributed by atoms with van der Waals surface area (Å²) < 4.78 is 5.23. The number of aromatic nitrogens is 1. The summed E-state index contributed by atoms with van der Waals surface area (Å²) in [5, 5.41) is 8.98. The van der Waals surface area contributed by atoms with Crippen LogP contribution in [0.15, 0.2) is 18.3 Å². The minimum absolute atomic E-state index is 0.125. The number of aliphatic hydroxyl groups excluding tert-OH is 1. The van der Waals surface area contributed by atoms with Crippen molar-refractivity contribution in [3.05, 3.63) is 18.3 Å². The molecule has 1 rings (SSSR count). The first-order valence-corrected chi connectivity index (χ1v) is 5.18. The van der Waals surface area contributed by atoms with Crippen molar-refractivity contribution in [2.45, 2.75) is 13.3 Å². The highest BCUT2D eigenvalue weighted by Gasteiger charge is 2.11. The maximum Gasteiger partial charge on any atom is 0.171 e. The SMILES string of the molecule is CCCN(CCO)c1ncccc1OC. The van der Waals surface area contributed by atoms with Crippen LogP contribution in [0.4, 0.5) is 5.82 Å². The van der Waals surface area contributed by atoms with Crippen LogP contribution in [0.5, 0.6) is 5.75 Å². The zero-order valence-corrected chi connectivity index (χ0v) is 9.31. The van der Waals surface area contributed by atoms with E-state index in [0.717, 1.165) is 24.5 Å². The fraction of sp³-hybridized carbons (Fsp3) is 0.545. The monoisotopic (exact) mass is 210 g/mol. The van der Waals surface area contributed by atoms with Gasteiger partial charge in [-0.1, -0.05) is 6.92 Å². The largest absolute Gasteiger partial charge is 0.493 e. The third-order valence-corrected chi connectivity index (χ3v) is 2.13. The molecule has 0 atom stereocenters. The lowest BCUT2D eigenvalue weighted by Crippen LogP contribution is -2.28. The zero-order chi connectivity index (χ0) is 11.1. The van der Waals surface area contributed by atoms with E-state index in [2.05, 4.69) is 11.9 Å². The van der Waals surface area contributed by atoms with Gasteiger partial charge in [-0.25, -0.2) is 4.98 Å². The van der Waals surface area contributed by atoms with Crippen LogP contribution >= 0.6 is 0 Å². The van der Waals surface area contributed by atoms with Gasteiger partial charge in [0.1, 0.15) is 0 Å². The van der Waals surface area contributed by atoms with E-state index in [4.69, 9.17) is 9.84 Å². The number of hydrogen-bond acceptors (Lipinski definition) is 4. The van der Waals surface area contributed by atoms with Gasteiger partial charge < -0.3 is 14.7 Å². The van der Waals surface area contributed by atoms with Crippen molar-refractivity contribution in [3.8, 4) is 5.75 Å². The van der Waals surface area contributed by atoms with E-state index < -0.39 is 0 Å². The minimum atomic E-state index is 0.125. The molecule has 0 aliphatic carbocycles. The lowest BCUT2D eigenvalue weighted by molar-refractivity contribution is 0.301. The van der Waals surface area contributed by atoms with Crippen molar-refractivity contribution in [3.63, 3.8) is 0 Å². The summed E-state index contributed by atoms with van der Waals surface area (Å²) in [6.07, 6.45) is 2.75. The molecule has 1 heterocycles. The molecule has 0 aromatic carbocycles. The first-order chi connectivity index (χ1) is 7.33. The quantitative estimate of drug-likeness (QED) is 0.768. The summed E-state index contributed by atoms with van der Waals surface area (Å²) in [7, 11) is 1.63. The van der Waals surface area contributed by atoms with Gasteiger partial charge in [0.2, 0.25) is 0 Å². The van der Waals surface area contributed by atoms with Crippen LogP contribution in [0.1, 0.15) is 13.3 Å². The van der Waals surface area contributed by atoms with E-state index >= 15 is 0 Å². The molecular weight excluding hydrogens is 192 g/mol. The van der Waals surface area contributed by atoms with Crippen LogP contribution in [0.25, 0.3) is 0 Å². The van der Waals surface area contributed by atoms with E-state index in [1.807, 2.05) is 17.0 Å². The van der Waals surface area contributed by atoms with E-state index in [1.54, 1.807) is 13.3 Å². The lowest BCUT2D eigenvalue weighted by Gasteiger charge is -2.23. The molecule has 15 heavy (non-hydrogen) atoms. The van der Waals surface area contributed by atoms with E-state index in [1.165, 1.54) is 0 Å². The molecule has 0 unspecified atom stereocenters. The minimum Gasteiger partial charge on any atom is -0.493 e. The van der Waals surface area contributed by atoms with Crippen LogP contribution in [0.3, 0.4) is 0 Å². The van der Waals surface area contributed by atoms with Crippen LogP contribution in [0, 0.1) is 0 Å². The van der Waals surface area contributed by atoms with Gasteiger partial charge in [-0.2, -0.15) is 0 Å². The topological polar surface area (TPSA) is 45.6 Å². The molecule has 0 saturated heterocycles. The number of pyridine rings is 1. The Morgan fingerprint density at radius 3 is 2.87 bits per heavy atom. The van der Waals surface area contributed by atoms with E-state index in [0.29, 0.717) is 6.54 Å². The Labute approximate surface area is 90.5 Å². The van der Waals surface area contributed by atoms with Gasteiger partial charge in [-0.3, -0.25) is 0 Å². The molecule has 1 aromatic rings. The van der Waals surface area contributed by atoms with Crippen molar-refractivity contribution < 1.29 is 9.84 Å². The molecule has 0 amide bonds.